The predicted molar refractivity (Wildman–Crippen MR) is 105 cm³/mol. The van der Waals surface area contributed by atoms with Crippen molar-refractivity contribution in [1.29, 1.82) is 0 Å². The first-order valence-electron chi connectivity index (χ1n) is 11.1. The third-order valence-corrected chi connectivity index (χ3v) is 7.36. The third-order valence-electron chi connectivity index (χ3n) is 7.36. The first-order chi connectivity index (χ1) is 12.6. The highest BCUT2D eigenvalue weighted by molar-refractivity contribution is 5.37. The number of fused-ring (bicyclic) bond motifs is 2. The number of halogens is 1. The highest BCUT2D eigenvalue weighted by atomic mass is 19.1. The van der Waals surface area contributed by atoms with Gasteiger partial charge >= 0.3 is 0 Å². The fourth-order valence-corrected chi connectivity index (χ4v) is 5.86. The lowest BCUT2D eigenvalue weighted by Crippen LogP contribution is -2.34. The lowest BCUT2D eigenvalue weighted by atomic mass is 9.65. The molecule has 0 saturated heterocycles. The largest absolute Gasteiger partial charge is 0.378 e. The van der Waals surface area contributed by atoms with Gasteiger partial charge in [0.1, 0.15) is 5.82 Å². The minimum absolute atomic E-state index is 0.0706. The molecule has 1 nitrogen and oxygen atoms in total. The molecule has 5 atom stereocenters. The van der Waals surface area contributed by atoms with Gasteiger partial charge in [-0.3, -0.25) is 0 Å². The molecule has 3 aliphatic carbocycles. The van der Waals surface area contributed by atoms with Gasteiger partial charge in [-0.25, -0.2) is 4.39 Å². The number of benzene rings is 1. The quantitative estimate of drug-likeness (QED) is 0.602. The van der Waals surface area contributed by atoms with Crippen LogP contribution in [0.4, 0.5) is 4.39 Å². The topological polar surface area (TPSA) is 9.23 Å². The van der Waals surface area contributed by atoms with Gasteiger partial charge in [-0.2, -0.15) is 0 Å². The van der Waals surface area contributed by atoms with Gasteiger partial charge in [0.15, 0.2) is 0 Å². The van der Waals surface area contributed by atoms with Gasteiger partial charge in [0.2, 0.25) is 0 Å². The summed E-state index contributed by atoms with van der Waals surface area (Å²) in [5.74, 6) is 2.80. The summed E-state index contributed by atoms with van der Waals surface area (Å²) in [6, 6.07) is 4.12. The molecule has 1 aromatic rings. The van der Waals surface area contributed by atoms with Crippen molar-refractivity contribution in [3.63, 3.8) is 0 Å². The van der Waals surface area contributed by atoms with Crippen molar-refractivity contribution in [2.45, 2.75) is 90.1 Å². The van der Waals surface area contributed by atoms with Gasteiger partial charge in [-0.15, -0.1) is 0 Å². The van der Waals surface area contributed by atoms with E-state index in [1.165, 1.54) is 49.7 Å². The maximum Gasteiger partial charge on any atom is 0.126 e. The zero-order valence-corrected chi connectivity index (χ0v) is 16.6. The minimum atomic E-state index is 0.0706. The van der Waals surface area contributed by atoms with Crippen LogP contribution in [0.15, 0.2) is 12.1 Å². The van der Waals surface area contributed by atoms with Crippen molar-refractivity contribution >= 4 is 0 Å². The summed E-state index contributed by atoms with van der Waals surface area (Å²) < 4.78 is 20.9. The average molecular weight is 359 g/mol. The molecular formula is C24H35FO. The van der Waals surface area contributed by atoms with E-state index in [9.17, 15) is 4.39 Å². The molecule has 0 spiro atoms. The highest BCUT2D eigenvalue weighted by Gasteiger charge is 2.37. The molecule has 0 radical (unpaired) electrons. The van der Waals surface area contributed by atoms with Crippen molar-refractivity contribution < 1.29 is 9.13 Å². The Morgan fingerprint density at radius 2 is 1.81 bits per heavy atom. The minimum Gasteiger partial charge on any atom is -0.378 e. The van der Waals surface area contributed by atoms with E-state index in [0.29, 0.717) is 17.9 Å². The molecule has 144 valence electrons. The molecule has 2 saturated carbocycles. The third kappa shape index (κ3) is 3.86. The van der Waals surface area contributed by atoms with Gasteiger partial charge in [-0.1, -0.05) is 19.9 Å². The van der Waals surface area contributed by atoms with Crippen molar-refractivity contribution in [2.24, 2.45) is 17.8 Å². The average Bonchev–Trinajstić information content (AvgIpc) is 2.65. The van der Waals surface area contributed by atoms with E-state index >= 15 is 0 Å². The first kappa shape index (κ1) is 18.5. The fraction of sp³-hybridized carbons (Fsp3) is 0.750. The number of ether oxygens (including phenoxy) is 1. The highest BCUT2D eigenvalue weighted by Crippen LogP contribution is 2.47. The van der Waals surface area contributed by atoms with Crippen LogP contribution >= 0.6 is 0 Å². The Morgan fingerprint density at radius 3 is 2.65 bits per heavy atom. The van der Waals surface area contributed by atoms with E-state index in [2.05, 4.69) is 19.9 Å². The number of hydrogen-bond donors (Lipinski definition) is 0. The van der Waals surface area contributed by atoms with Crippen molar-refractivity contribution in [1.82, 2.24) is 0 Å². The first-order valence-corrected chi connectivity index (χ1v) is 11.1. The van der Waals surface area contributed by atoms with Crippen LogP contribution < -0.4 is 0 Å². The Bertz CT molecular complexity index is 625. The summed E-state index contributed by atoms with van der Waals surface area (Å²) >= 11 is 0. The van der Waals surface area contributed by atoms with E-state index in [4.69, 9.17) is 4.74 Å². The maximum atomic E-state index is 14.9. The Balaban J connectivity index is 1.43. The smallest absolute Gasteiger partial charge is 0.126 e. The van der Waals surface area contributed by atoms with Crippen LogP contribution in [0.25, 0.3) is 0 Å². The second-order valence-corrected chi connectivity index (χ2v) is 9.33. The molecule has 0 amide bonds. The molecule has 0 aromatic heterocycles. The Morgan fingerprint density at radius 1 is 1.00 bits per heavy atom. The standard InChI is InChI=1S/C24H35FO/c1-3-10-26-22-9-8-17-12-20(7-6-18(17)13-22)23-14-19-5-4-16(2)11-21(19)15-24(23)25/h14-18,20,22H,3-13H2,1-2H3. The monoisotopic (exact) mass is 358 g/mol. The van der Waals surface area contributed by atoms with Crippen LogP contribution in [-0.4, -0.2) is 12.7 Å². The van der Waals surface area contributed by atoms with Gasteiger partial charge in [0.05, 0.1) is 6.10 Å². The summed E-state index contributed by atoms with van der Waals surface area (Å²) in [6.45, 7) is 5.38. The van der Waals surface area contributed by atoms with Crippen LogP contribution in [0.1, 0.15) is 87.8 Å². The summed E-state index contributed by atoms with van der Waals surface area (Å²) in [5.41, 5.74) is 3.73. The van der Waals surface area contributed by atoms with E-state index in [1.807, 2.05) is 6.07 Å². The van der Waals surface area contributed by atoms with Gasteiger partial charge in [0, 0.05) is 6.61 Å². The van der Waals surface area contributed by atoms with Crippen LogP contribution in [0, 0.1) is 23.6 Å². The van der Waals surface area contributed by atoms with E-state index in [-0.39, 0.29) is 5.82 Å². The Kier molecular flexibility index (Phi) is 5.69. The van der Waals surface area contributed by atoms with Gasteiger partial charge in [0.25, 0.3) is 0 Å². The predicted octanol–water partition coefficient (Wildman–Crippen LogP) is 6.43. The van der Waals surface area contributed by atoms with Crippen LogP contribution in [0.5, 0.6) is 0 Å². The molecule has 26 heavy (non-hydrogen) atoms. The summed E-state index contributed by atoms with van der Waals surface area (Å²) in [5, 5.41) is 0. The number of aryl methyl sites for hydroxylation is 1. The lowest BCUT2D eigenvalue weighted by molar-refractivity contribution is -0.0148. The zero-order chi connectivity index (χ0) is 18.1. The second kappa shape index (κ2) is 8.00. The SMILES string of the molecule is CCCOC1CCC2CC(c3cc4c(cc3F)CC(C)CC4)CCC2C1. The maximum absolute atomic E-state index is 14.9. The van der Waals surface area contributed by atoms with Crippen molar-refractivity contribution in [3.05, 3.63) is 34.6 Å². The summed E-state index contributed by atoms with van der Waals surface area (Å²) in [4.78, 5) is 0. The fourth-order valence-electron chi connectivity index (χ4n) is 5.86. The molecule has 0 aliphatic heterocycles. The molecule has 2 heteroatoms. The van der Waals surface area contributed by atoms with Crippen LogP contribution in [0.2, 0.25) is 0 Å². The lowest BCUT2D eigenvalue weighted by Gasteiger charge is -2.42. The molecule has 0 N–H and O–H groups in total. The molecule has 0 heterocycles. The summed E-state index contributed by atoms with van der Waals surface area (Å²) in [7, 11) is 0. The van der Waals surface area contributed by atoms with Gasteiger partial charge in [-0.05, 0) is 111 Å². The van der Waals surface area contributed by atoms with E-state index < -0.39 is 0 Å². The van der Waals surface area contributed by atoms with Gasteiger partial charge < -0.3 is 4.74 Å². The van der Waals surface area contributed by atoms with Crippen LogP contribution in [-0.2, 0) is 17.6 Å². The van der Waals surface area contributed by atoms with E-state index in [0.717, 1.165) is 49.7 Å². The van der Waals surface area contributed by atoms with Crippen molar-refractivity contribution in [3.8, 4) is 0 Å². The summed E-state index contributed by atoms with van der Waals surface area (Å²) in [6.07, 6.45) is 12.4. The normalized spacial score (nSPS) is 34.2. The molecule has 4 rings (SSSR count). The zero-order valence-electron chi connectivity index (χ0n) is 16.6. The van der Waals surface area contributed by atoms with Crippen LogP contribution in [0.3, 0.4) is 0 Å². The molecular weight excluding hydrogens is 323 g/mol. The van der Waals surface area contributed by atoms with E-state index in [1.54, 1.807) is 0 Å². The molecule has 3 aliphatic rings. The Labute approximate surface area is 158 Å². The number of hydrogen-bond acceptors (Lipinski definition) is 1. The second-order valence-electron chi connectivity index (χ2n) is 9.33. The molecule has 5 unspecified atom stereocenters. The molecule has 2 fully saturated rings. The molecule has 1 aromatic carbocycles. The Hall–Kier alpha value is -0.890. The number of rotatable bonds is 4. The van der Waals surface area contributed by atoms with Crippen molar-refractivity contribution in [2.75, 3.05) is 6.61 Å². The molecule has 0 bridgehead atoms.